The Balaban J connectivity index is 1.84. The van der Waals surface area contributed by atoms with Crippen molar-refractivity contribution in [1.82, 2.24) is 30.6 Å². The minimum absolute atomic E-state index is 0.0704. The fraction of sp³-hybridized carbons (Fsp3) is 0.391. The molecular formula is C23H31N8O3+. The summed E-state index contributed by atoms with van der Waals surface area (Å²) in [5.41, 5.74) is 6.14. The second kappa shape index (κ2) is 10.4. The zero-order valence-corrected chi connectivity index (χ0v) is 19.9. The zero-order valence-electron chi connectivity index (χ0n) is 19.9. The van der Waals surface area contributed by atoms with Gasteiger partial charge in [0.15, 0.2) is 6.54 Å². The topological polar surface area (TPSA) is 166 Å². The lowest BCUT2D eigenvalue weighted by Crippen LogP contribution is -2.48. The fourth-order valence-electron chi connectivity index (χ4n) is 3.30. The van der Waals surface area contributed by atoms with Crippen LogP contribution in [0, 0.1) is 5.41 Å². The number of hydrogen-bond acceptors (Lipinski definition) is 7. The molecule has 0 aliphatic rings. The number of nitrogens with one attached hydrogen (secondary N) is 3. The summed E-state index contributed by atoms with van der Waals surface area (Å²) in [6, 6.07) is 8.21. The molecule has 1 aromatic carbocycles. The number of carbonyl (C=O) groups excluding carboxylic acids is 2. The molecule has 0 saturated heterocycles. The molecule has 0 bridgehead atoms. The van der Waals surface area contributed by atoms with Crippen molar-refractivity contribution in [3.05, 3.63) is 53.2 Å². The Morgan fingerprint density at radius 3 is 2.65 bits per heavy atom. The molecule has 0 spiro atoms. The largest absolute Gasteiger partial charge is 0.415 e. The number of benzene rings is 1. The molecule has 11 nitrogen and oxygen atoms in total. The molecule has 2 aromatic heterocycles. The SMILES string of the molecule is Cn1nc(C(C)(C)C)cc1C(=O)N[C@@H](Cc1cccc(-c2nnc(C[NH3+])o2)c1)C(=O)NCC=N. The first kappa shape index (κ1) is 24.8. The van der Waals surface area contributed by atoms with E-state index in [0.29, 0.717) is 29.6 Å². The van der Waals surface area contributed by atoms with Crippen molar-refractivity contribution in [2.45, 2.75) is 45.2 Å². The van der Waals surface area contributed by atoms with Crippen LogP contribution in [0.15, 0.2) is 34.7 Å². The average Bonchev–Trinajstić information content (AvgIpc) is 3.44. The van der Waals surface area contributed by atoms with Crippen LogP contribution in [0.5, 0.6) is 0 Å². The van der Waals surface area contributed by atoms with Gasteiger partial charge in [0.2, 0.25) is 11.8 Å². The van der Waals surface area contributed by atoms with Gasteiger partial charge in [-0.3, -0.25) is 14.3 Å². The third-order valence-electron chi connectivity index (χ3n) is 5.18. The number of carbonyl (C=O) groups is 2. The highest BCUT2D eigenvalue weighted by molar-refractivity contribution is 5.96. The molecule has 3 aromatic rings. The molecule has 0 aliphatic carbocycles. The first-order valence-electron chi connectivity index (χ1n) is 11.0. The van der Waals surface area contributed by atoms with E-state index in [0.717, 1.165) is 17.5 Å². The van der Waals surface area contributed by atoms with Crippen LogP contribution >= 0.6 is 0 Å². The molecule has 180 valence electrons. The van der Waals surface area contributed by atoms with Crippen LogP contribution in [0.4, 0.5) is 0 Å². The number of aryl methyl sites for hydroxylation is 1. The second-order valence-electron chi connectivity index (χ2n) is 8.92. The molecule has 0 fully saturated rings. The Bertz CT molecular complexity index is 1180. The van der Waals surface area contributed by atoms with Gasteiger partial charge in [-0.15, -0.1) is 10.2 Å². The highest BCUT2D eigenvalue weighted by atomic mass is 16.4. The molecule has 2 heterocycles. The van der Waals surface area contributed by atoms with E-state index in [1.807, 2.05) is 45.0 Å². The third-order valence-corrected chi connectivity index (χ3v) is 5.18. The van der Waals surface area contributed by atoms with Crippen LogP contribution in [0.1, 0.15) is 48.4 Å². The molecule has 6 N–H and O–H groups in total. The molecule has 0 radical (unpaired) electrons. The van der Waals surface area contributed by atoms with Gasteiger partial charge in [-0.2, -0.15) is 5.10 Å². The Hall–Kier alpha value is -3.86. The number of nitrogens with zero attached hydrogens (tertiary/aromatic N) is 4. The van der Waals surface area contributed by atoms with Crippen LogP contribution in [0.25, 0.3) is 11.5 Å². The van der Waals surface area contributed by atoms with E-state index in [1.54, 1.807) is 13.1 Å². The average molecular weight is 468 g/mol. The molecule has 0 aliphatic heterocycles. The van der Waals surface area contributed by atoms with Crippen LogP contribution in [-0.4, -0.2) is 50.6 Å². The minimum atomic E-state index is -0.867. The highest BCUT2D eigenvalue weighted by Gasteiger charge is 2.26. The lowest BCUT2D eigenvalue weighted by atomic mass is 9.92. The van der Waals surface area contributed by atoms with Crippen molar-refractivity contribution >= 4 is 18.0 Å². The quantitative estimate of drug-likeness (QED) is 0.337. The van der Waals surface area contributed by atoms with Crippen LogP contribution in [0.2, 0.25) is 0 Å². The van der Waals surface area contributed by atoms with E-state index in [9.17, 15) is 9.59 Å². The fourth-order valence-corrected chi connectivity index (χ4v) is 3.30. The number of quaternary nitrogens is 1. The van der Waals surface area contributed by atoms with E-state index in [-0.39, 0.29) is 18.4 Å². The van der Waals surface area contributed by atoms with Crippen molar-refractivity contribution < 1.29 is 19.7 Å². The van der Waals surface area contributed by atoms with Gasteiger partial charge in [-0.25, -0.2) is 0 Å². The summed E-state index contributed by atoms with van der Waals surface area (Å²) >= 11 is 0. The summed E-state index contributed by atoms with van der Waals surface area (Å²) in [4.78, 5) is 25.9. The lowest BCUT2D eigenvalue weighted by Gasteiger charge is -2.18. The van der Waals surface area contributed by atoms with Gasteiger partial charge in [0.05, 0.1) is 12.2 Å². The van der Waals surface area contributed by atoms with Gasteiger partial charge in [-0.05, 0) is 23.8 Å². The number of amides is 2. The summed E-state index contributed by atoms with van der Waals surface area (Å²) in [5, 5.41) is 25.1. The van der Waals surface area contributed by atoms with Crippen LogP contribution in [-0.2, 0) is 30.2 Å². The maximum Gasteiger partial charge on any atom is 0.271 e. The van der Waals surface area contributed by atoms with E-state index in [4.69, 9.17) is 9.83 Å². The Labute approximate surface area is 197 Å². The van der Waals surface area contributed by atoms with Crippen LogP contribution in [0.3, 0.4) is 0 Å². The molecule has 0 unspecified atom stereocenters. The van der Waals surface area contributed by atoms with Crippen LogP contribution < -0.4 is 16.4 Å². The Kier molecular flexibility index (Phi) is 7.57. The van der Waals surface area contributed by atoms with Crippen molar-refractivity contribution in [3.8, 4) is 11.5 Å². The van der Waals surface area contributed by atoms with Gasteiger partial charge in [0.25, 0.3) is 11.8 Å². The summed E-state index contributed by atoms with van der Waals surface area (Å²) < 4.78 is 7.09. The third kappa shape index (κ3) is 5.93. The number of aromatic nitrogens is 4. The molecule has 34 heavy (non-hydrogen) atoms. The van der Waals surface area contributed by atoms with E-state index < -0.39 is 17.9 Å². The maximum atomic E-state index is 13.1. The Morgan fingerprint density at radius 2 is 2.03 bits per heavy atom. The van der Waals surface area contributed by atoms with E-state index >= 15 is 0 Å². The Morgan fingerprint density at radius 1 is 1.26 bits per heavy atom. The van der Waals surface area contributed by atoms with Crippen molar-refractivity contribution in [2.24, 2.45) is 7.05 Å². The van der Waals surface area contributed by atoms with Gasteiger partial charge in [0, 0.05) is 30.7 Å². The minimum Gasteiger partial charge on any atom is -0.415 e. The van der Waals surface area contributed by atoms with Gasteiger partial charge >= 0.3 is 0 Å². The maximum absolute atomic E-state index is 13.1. The normalized spacial score (nSPS) is 12.3. The predicted molar refractivity (Wildman–Crippen MR) is 125 cm³/mol. The number of rotatable bonds is 9. The smallest absolute Gasteiger partial charge is 0.271 e. The van der Waals surface area contributed by atoms with E-state index in [1.165, 1.54) is 4.68 Å². The second-order valence-corrected chi connectivity index (χ2v) is 8.92. The van der Waals surface area contributed by atoms with Crippen molar-refractivity contribution in [1.29, 1.82) is 5.41 Å². The highest BCUT2D eigenvalue weighted by Crippen LogP contribution is 2.22. The summed E-state index contributed by atoms with van der Waals surface area (Å²) in [5.74, 6) is -0.00690. The number of hydrogen-bond donors (Lipinski definition) is 4. The van der Waals surface area contributed by atoms with Gasteiger partial charge in [0.1, 0.15) is 11.7 Å². The molecule has 3 rings (SSSR count). The first-order chi connectivity index (χ1) is 16.1. The summed E-state index contributed by atoms with van der Waals surface area (Å²) in [7, 11) is 1.70. The van der Waals surface area contributed by atoms with Gasteiger partial charge < -0.3 is 26.2 Å². The molecule has 0 saturated carbocycles. The zero-order chi connectivity index (χ0) is 24.9. The van der Waals surface area contributed by atoms with Crippen molar-refractivity contribution in [2.75, 3.05) is 6.54 Å². The monoisotopic (exact) mass is 467 g/mol. The summed E-state index contributed by atoms with van der Waals surface area (Å²) in [6.07, 6.45) is 1.31. The molecule has 11 heteroatoms. The van der Waals surface area contributed by atoms with Crippen molar-refractivity contribution in [3.63, 3.8) is 0 Å². The lowest BCUT2D eigenvalue weighted by molar-refractivity contribution is -0.391. The molecule has 2 amide bonds. The van der Waals surface area contributed by atoms with E-state index in [2.05, 4.69) is 31.7 Å². The first-order valence-corrected chi connectivity index (χ1v) is 11.0. The predicted octanol–water partition coefficient (Wildman–Crippen LogP) is 0.616. The van der Waals surface area contributed by atoms with Gasteiger partial charge in [-0.1, -0.05) is 32.9 Å². The molecule has 1 atom stereocenters. The summed E-state index contributed by atoms with van der Waals surface area (Å²) in [6.45, 7) is 6.50. The molecular weight excluding hydrogens is 436 g/mol. The standard InChI is InChI=1S/C23H30N8O3/c1-23(2,3)18-12-17(31(4)30-18)21(33)27-16(20(32)26-9-8-24)11-14-6-5-7-15(10-14)22-29-28-19(13-25)34-22/h5-8,10,12,16,24H,9,11,13,25H2,1-4H3,(H,26,32)(H,27,33)/p+1/t16-/m0/s1.